The van der Waals surface area contributed by atoms with Crippen LogP contribution in [0.2, 0.25) is 0 Å². The minimum atomic E-state index is 0.667. The number of hydrogen-bond acceptors (Lipinski definition) is 2. The Morgan fingerprint density at radius 1 is 1.15 bits per heavy atom. The van der Waals surface area contributed by atoms with Gasteiger partial charge in [0.05, 0.1) is 0 Å². The Labute approximate surface area is 123 Å². The number of anilines is 1. The van der Waals surface area contributed by atoms with Gasteiger partial charge in [0.2, 0.25) is 0 Å². The van der Waals surface area contributed by atoms with Gasteiger partial charge in [0, 0.05) is 24.8 Å². The molecule has 3 rings (SSSR count). The van der Waals surface area contributed by atoms with Crippen molar-refractivity contribution in [3.05, 3.63) is 29.8 Å². The molecule has 2 aliphatic rings. The van der Waals surface area contributed by atoms with E-state index in [9.17, 15) is 0 Å². The van der Waals surface area contributed by atoms with Crippen LogP contribution >= 0.6 is 0 Å². The van der Waals surface area contributed by atoms with Crippen molar-refractivity contribution in [2.45, 2.75) is 45.6 Å². The molecule has 0 radical (unpaired) electrons. The summed E-state index contributed by atoms with van der Waals surface area (Å²) in [6, 6.07) is 9.67. The highest BCUT2D eigenvalue weighted by molar-refractivity contribution is 5.48. The van der Waals surface area contributed by atoms with Gasteiger partial charge in [-0.3, -0.25) is 0 Å². The summed E-state index contributed by atoms with van der Waals surface area (Å²) in [5.74, 6) is 1.74. The zero-order valence-electron chi connectivity index (χ0n) is 12.9. The highest BCUT2D eigenvalue weighted by Gasteiger charge is 2.26. The highest BCUT2D eigenvalue weighted by atomic mass is 15.2. The Bertz CT molecular complexity index is 422. The molecule has 1 N–H and O–H groups in total. The lowest BCUT2D eigenvalue weighted by atomic mass is 9.85. The molecule has 2 unspecified atom stereocenters. The van der Waals surface area contributed by atoms with Crippen LogP contribution in [-0.4, -0.2) is 25.7 Å². The Balaban J connectivity index is 1.58. The Hall–Kier alpha value is -1.02. The lowest BCUT2D eigenvalue weighted by molar-refractivity contribution is 0.268. The number of hydrogen-bond donors (Lipinski definition) is 1. The molecule has 1 saturated heterocycles. The van der Waals surface area contributed by atoms with Gasteiger partial charge >= 0.3 is 0 Å². The maximum Gasteiger partial charge on any atom is 0.0367 e. The quantitative estimate of drug-likeness (QED) is 0.901. The maximum absolute atomic E-state index is 3.82. The fourth-order valence-corrected chi connectivity index (χ4v) is 3.50. The molecule has 2 nitrogen and oxygen atoms in total. The first-order valence-corrected chi connectivity index (χ1v) is 8.25. The third-order valence-corrected chi connectivity index (χ3v) is 4.98. The smallest absolute Gasteiger partial charge is 0.0367 e. The fourth-order valence-electron chi connectivity index (χ4n) is 3.50. The van der Waals surface area contributed by atoms with E-state index >= 15 is 0 Å². The van der Waals surface area contributed by atoms with Crippen LogP contribution in [0.25, 0.3) is 0 Å². The summed E-state index contributed by atoms with van der Waals surface area (Å²) in [5, 5.41) is 3.82. The Morgan fingerprint density at radius 2 is 1.90 bits per heavy atom. The monoisotopic (exact) mass is 272 g/mol. The normalized spacial score (nSPS) is 27.4. The topological polar surface area (TPSA) is 15.3 Å². The van der Waals surface area contributed by atoms with Crippen molar-refractivity contribution in [2.24, 2.45) is 11.8 Å². The molecule has 0 spiro atoms. The summed E-state index contributed by atoms with van der Waals surface area (Å²) in [7, 11) is 0. The van der Waals surface area contributed by atoms with Gasteiger partial charge in [0.15, 0.2) is 0 Å². The van der Waals surface area contributed by atoms with Gasteiger partial charge in [0.25, 0.3) is 0 Å². The van der Waals surface area contributed by atoms with Crippen LogP contribution in [0.4, 0.5) is 5.69 Å². The minimum Gasteiger partial charge on any atom is -0.370 e. The third kappa shape index (κ3) is 3.35. The predicted octanol–water partition coefficient (Wildman–Crippen LogP) is 3.60. The van der Waals surface area contributed by atoms with E-state index in [-0.39, 0.29) is 0 Å². The van der Waals surface area contributed by atoms with Crippen molar-refractivity contribution in [2.75, 3.05) is 24.5 Å². The average molecular weight is 272 g/mol. The lowest BCUT2D eigenvalue weighted by Crippen LogP contribution is -2.50. The number of rotatable bonds is 4. The van der Waals surface area contributed by atoms with Crippen molar-refractivity contribution >= 4 is 5.69 Å². The van der Waals surface area contributed by atoms with Gasteiger partial charge in [0.1, 0.15) is 0 Å². The molecule has 2 atom stereocenters. The first-order chi connectivity index (χ1) is 9.70. The number of aryl methyl sites for hydroxylation is 1. The third-order valence-electron chi connectivity index (χ3n) is 4.98. The van der Waals surface area contributed by atoms with Crippen LogP contribution in [-0.2, 0) is 0 Å². The molecule has 1 heterocycles. The molecule has 2 fully saturated rings. The number of piperidine rings is 1. The second kappa shape index (κ2) is 6.17. The molecule has 1 aliphatic carbocycles. The van der Waals surface area contributed by atoms with Gasteiger partial charge in [-0.05, 0) is 56.7 Å². The summed E-state index contributed by atoms with van der Waals surface area (Å²) in [6.07, 6.45) is 5.66. The number of nitrogens with zero attached hydrogens (tertiary/aromatic N) is 1. The van der Waals surface area contributed by atoms with Gasteiger partial charge in [-0.2, -0.15) is 0 Å². The molecule has 20 heavy (non-hydrogen) atoms. The van der Waals surface area contributed by atoms with E-state index in [1.807, 2.05) is 0 Å². The van der Waals surface area contributed by atoms with Crippen LogP contribution < -0.4 is 10.2 Å². The second-order valence-corrected chi connectivity index (χ2v) is 6.98. The summed E-state index contributed by atoms with van der Waals surface area (Å²) in [6.45, 7) is 8.15. The summed E-state index contributed by atoms with van der Waals surface area (Å²) >= 11 is 0. The van der Waals surface area contributed by atoms with Gasteiger partial charge in [-0.25, -0.2) is 0 Å². The van der Waals surface area contributed by atoms with Crippen molar-refractivity contribution in [3.8, 4) is 0 Å². The van der Waals surface area contributed by atoms with E-state index in [1.54, 1.807) is 0 Å². The fraction of sp³-hybridized carbons (Fsp3) is 0.667. The van der Waals surface area contributed by atoms with E-state index in [2.05, 4.69) is 48.3 Å². The number of benzene rings is 1. The summed E-state index contributed by atoms with van der Waals surface area (Å²) in [5.41, 5.74) is 2.73. The Morgan fingerprint density at radius 3 is 2.55 bits per heavy atom. The molecule has 1 saturated carbocycles. The summed E-state index contributed by atoms with van der Waals surface area (Å²) < 4.78 is 0. The molecular weight excluding hydrogens is 244 g/mol. The van der Waals surface area contributed by atoms with Gasteiger partial charge in [-0.1, -0.05) is 31.0 Å². The Kier molecular flexibility index (Phi) is 4.30. The number of nitrogens with one attached hydrogen (secondary N) is 1. The van der Waals surface area contributed by atoms with Gasteiger partial charge < -0.3 is 10.2 Å². The van der Waals surface area contributed by atoms with E-state index in [4.69, 9.17) is 0 Å². The lowest BCUT2D eigenvalue weighted by Gasteiger charge is -2.39. The molecule has 110 valence electrons. The van der Waals surface area contributed by atoms with Crippen molar-refractivity contribution in [1.82, 2.24) is 5.32 Å². The maximum atomic E-state index is 3.82. The highest BCUT2D eigenvalue weighted by Crippen LogP contribution is 2.27. The first-order valence-electron chi connectivity index (χ1n) is 8.25. The van der Waals surface area contributed by atoms with Crippen molar-refractivity contribution < 1.29 is 0 Å². The molecule has 1 aromatic rings. The van der Waals surface area contributed by atoms with Crippen molar-refractivity contribution in [3.63, 3.8) is 0 Å². The molecule has 2 heteroatoms. The average Bonchev–Trinajstić information content (AvgIpc) is 2.37. The minimum absolute atomic E-state index is 0.667. The van der Waals surface area contributed by atoms with E-state index < -0.39 is 0 Å². The largest absolute Gasteiger partial charge is 0.370 e. The van der Waals surface area contributed by atoms with E-state index in [0.717, 1.165) is 11.8 Å². The molecule has 0 aromatic heterocycles. The van der Waals surface area contributed by atoms with Gasteiger partial charge in [-0.15, -0.1) is 0 Å². The van der Waals surface area contributed by atoms with E-state index in [0.29, 0.717) is 6.04 Å². The van der Waals surface area contributed by atoms with Crippen LogP contribution in [0.15, 0.2) is 24.3 Å². The van der Waals surface area contributed by atoms with E-state index in [1.165, 1.54) is 56.6 Å². The van der Waals surface area contributed by atoms with Crippen LogP contribution in [0, 0.1) is 18.8 Å². The predicted molar refractivity (Wildman–Crippen MR) is 86.3 cm³/mol. The molecular formula is C18H28N2. The van der Waals surface area contributed by atoms with Crippen LogP contribution in [0.1, 0.15) is 38.2 Å². The van der Waals surface area contributed by atoms with Crippen LogP contribution in [0.5, 0.6) is 0 Å². The SMILES string of the molecule is Cc1ccc(N2CC(C)CC(NCC3CCC3)C2)cc1. The molecule has 1 aliphatic heterocycles. The zero-order chi connectivity index (χ0) is 13.9. The first kappa shape index (κ1) is 13.9. The zero-order valence-corrected chi connectivity index (χ0v) is 12.9. The van der Waals surface area contributed by atoms with Crippen LogP contribution in [0.3, 0.4) is 0 Å². The molecule has 0 amide bonds. The molecule has 1 aromatic carbocycles. The molecule has 0 bridgehead atoms. The standard InChI is InChI=1S/C18H28N2/c1-14-6-8-18(9-7-14)20-12-15(2)10-17(13-20)19-11-16-4-3-5-16/h6-9,15-17,19H,3-5,10-13H2,1-2H3. The summed E-state index contributed by atoms with van der Waals surface area (Å²) in [4.78, 5) is 2.56. The van der Waals surface area contributed by atoms with Crippen molar-refractivity contribution in [1.29, 1.82) is 0 Å². The second-order valence-electron chi connectivity index (χ2n) is 6.98.